The topological polar surface area (TPSA) is 32.8 Å². The van der Waals surface area contributed by atoms with Crippen LogP contribution in [0.25, 0.3) is 10.1 Å². The third-order valence-corrected chi connectivity index (χ3v) is 6.90. The van der Waals surface area contributed by atoms with Crippen LogP contribution in [0.2, 0.25) is 0 Å². The number of rotatable bonds is 6. The van der Waals surface area contributed by atoms with E-state index in [1.165, 1.54) is 17.4 Å². The average Bonchev–Trinajstić information content (AvgIpc) is 3.36. The van der Waals surface area contributed by atoms with Crippen LogP contribution in [-0.4, -0.2) is 49.2 Å². The number of carbonyl (C=O) groups is 1. The zero-order valence-corrected chi connectivity index (χ0v) is 19.4. The summed E-state index contributed by atoms with van der Waals surface area (Å²) in [5.41, 5.74) is 0.190. The van der Waals surface area contributed by atoms with Gasteiger partial charge in [0.15, 0.2) is 0 Å². The number of alkyl halides is 2. The molecule has 0 N–H and O–H groups in total. The molecule has 0 amide bonds. The highest BCUT2D eigenvalue weighted by atomic mass is 32.1. The highest BCUT2D eigenvalue weighted by Crippen LogP contribution is 2.41. The van der Waals surface area contributed by atoms with Gasteiger partial charge < -0.3 is 9.64 Å². The van der Waals surface area contributed by atoms with Gasteiger partial charge in [0.2, 0.25) is 0 Å². The summed E-state index contributed by atoms with van der Waals surface area (Å²) >= 11 is 1.52. The summed E-state index contributed by atoms with van der Waals surface area (Å²) in [6, 6.07) is 4.97. The van der Waals surface area contributed by atoms with E-state index in [-0.39, 0.29) is 11.5 Å². The van der Waals surface area contributed by atoms with Crippen molar-refractivity contribution >= 4 is 33.1 Å². The summed E-state index contributed by atoms with van der Waals surface area (Å²) in [5.74, 6) is -2.97. The Labute approximate surface area is 186 Å². The first-order valence-electron chi connectivity index (χ1n) is 10.8. The second-order valence-electron chi connectivity index (χ2n) is 9.67. The van der Waals surface area contributed by atoms with E-state index in [1.54, 1.807) is 6.07 Å². The fourth-order valence-electron chi connectivity index (χ4n) is 3.97. The number of halogens is 2. The van der Waals surface area contributed by atoms with Crippen molar-refractivity contribution in [1.82, 2.24) is 4.90 Å². The van der Waals surface area contributed by atoms with Crippen molar-refractivity contribution in [3.63, 3.8) is 0 Å². The number of ether oxygens (including phenoxy) is 1. The molecule has 1 aromatic heterocycles. The minimum absolute atomic E-state index is 0.0609. The molecule has 168 valence electrons. The summed E-state index contributed by atoms with van der Waals surface area (Å²) in [5, 5.41) is 3.11. The maximum Gasteiger partial charge on any atom is 0.320 e. The molecular formula is C24H30F2N2O2S. The van der Waals surface area contributed by atoms with Gasteiger partial charge in [-0.15, -0.1) is 11.3 Å². The first-order chi connectivity index (χ1) is 14.5. The molecular weight excluding hydrogens is 418 g/mol. The molecule has 4 rings (SSSR count). The smallest absolute Gasteiger partial charge is 0.320 e. The van der Waals surface area contributed by atoms with Crippen LogP contribution in [0.4, 0.5) is 14.5 Å². The van der Waals surface area contributed by atoms with Gasteiger partial charge in [0.25, 0.3) is 5.92 Å². The summed E-state index contributed by atoms with van der Waals surface area (Å²) in [4.78, 5) is 17.2. The Morgan fingerprint density at radius 1 is 1.13 bits per heavy atom. The van der Waals surface area contributed by atoms with Crippen LogP contribution < -0.4 is 4.90 Å². The van der Waals surface area contributed by atoms with E-state index in [1.807, 2.05) is 39.0 Å². The summed E-state index contributed by atoms with van der Waals surface area (Å²) in [6.07, 6.45) is 4.64. The van der Waals surface area contributed by atoms with Gasteiger partial charge in [-0.3, -0.25) is 9.69 Å². The molecule has 0 radical (unpaired) electrons. The van der Waals surface area contributed by atoms with E-state index in [9.17, 15) is 13.6 Å². The molecule has 0 unspecified atom stereocenters. The van der Waals surface area contributed by atoms with Crippen molar-refractivity contribution in [1.29, 1.82) is 0 Å². The number of benzene rings is 1. The van der Waals surface area contributed by atoms with Crippen LogP contribution >= 0.6 is 11.3 Å². The van der Waals surface area contributed by atoms with Crippen molar-refractivity contribution in [3.05, 3.63) is 41.3 Å². The second kappa shape index (κ2) is 7.85. The lowest BCUT2D eigenvalue weighted by Gasteiger charge is -2.36. The molecule has 31 heavy (non-hydrogen) atoms. The molecule has 2 heterocycles. The average molecular weight is 449 g/mol. The number of anilines is 1. The maximum atomic E-state index is 13.6. The number of esters is 1. The van der Waals surface area contributed by atoms with Crippen LogP contribution in [0.15, 0.2) is 35.7 Å². The number of piperazine rings is 1. The van der Waals surface area contributed by atoms with E-state index in [0.717, 1.165) is 61.8 Å². The Morgan fingerprint density at radius 2 is 1.81 bits per heavy atom. The molecule has 0 atom stereocenters. The lowest BCUT2D eigenvalue weighted by molar-refractivity contribution is -0.160. The molecule has 2 aliphatic rings. The molecule has 0 bridgehead atoms. The summed E-state index contributed by atoms with van der Waals surface area (Å²) in [6.45, 7) is 11.0. The molecule has 7 heteroatoms. The Hall–Kier alpha value is -1.99. The molecule has 1 fully saturated rings. The van der Waals surface area contributed by atoms with Gasteiger partial charge in [0.05, 0.1) is 5.69 Å². The largest absolute Gasteiger partial charge is 0.459 e. The Balaban J connectivity index is 1.33. The first-order valence-corrected chi connectivity index (χ1v) is 11.7. The van der Waals surface area contributed by atoms with Gasteiger partial charge in [-0.05, 0) is 39.8 Å². The molecule has 1 aliphatic heterocycles. The van der Waals surface area contributed by atoms with Crippen LogP contribution in [0.1, 0.15) is 39.7 Å². The number of carbonyl (C=O) groups excluding carboxylic acids is 1. The summed E-state index contributed by atoms with van der Waals surface area (Å²) in [7, 11) is 0. The minimum atomic E-state index is -2.82. The predicted octanol–water partition coefficient (Wildman–Crippen LogP) is 5.42. The Bertz CT molecular complexity index is 989. The van der Waals surface area contributed by atoms with E-state index in [2.05, 4.69) is 15.2 Å². The number of hydrogen-bond acceptors (Lipinski definition) is 5. The van der Waals surface area contributed by atoms with E-state index in [4.69, 9.17) is 4.74 Å². The van der Waals surface area contributed by atoms with Crippen LogP contribution in [0.5, 0.6) is 0 Å². The predicted molar refractivity (Wildman–Crippen MR) is 122 cm³/mol. The monoisotopic (exact) mass is 448 g/mol. The quantitative estimate of drug-likeness (QED) is 0.436. The number of nitrogens with zero attached hydrogens (tertiary/aromatic N) is 2. The number of thiophene rings is 1. The molecule has 0 spiro atoms. The van der Waals surface area contributed by atoms with Crippen molar-refractivity contribution in [2.45, 2.75) is 45.6 Å². The third-order valence-electron chi connectivity index (χ3n) is 5.96. The first kappa shape index (κ1) is 22.2. The highest BCUT2D eigenvalue weighted by molar-refractivity contribution is 7.17. The molecule has 4 nitrogen and oxygen atoms in total. The van der Waals surface area contributed by atoms with Crippen molar-refractivity contribution in [3.8, 4) is 0 Å². The SMILES string of the molecule is CC(C)(C)OC(=O)C1(CCN2CCN(c3csc4cc(C(C)(F)F)ccc34)CC2)C=C1. The van der Waals surface area contributed by atoms with E-state index in [0.29, 0.717) is 0 Å². The number of hydrogen-bond donors (Lipinski definition) is 0. The summed E-state index contributed by atoms with van der Waals surface area (Å²) < 4.78 is 33.7. The van der Waals surface area contributed by atoms with Crippen LogP contribution in [-0.2, 0) is 15.5 Å². The molecule has 0 saturated carbocycles. The zero-order chi connectivity index (χ0) is 22.4. The second-order valence-corrected chi connectivity index (χ2v) is 10.6. The van der Waals surface area contributed by atoms with Gasteiger partial charge in [-0.1, -0.05) is 24.3 Å². The van der Waals surface area contributed by atoms with Gasteiger partial charge in [0.1, 0.15) is 11.0 Å². The normalized spacial score (nSPS) is 19.1. The minimum Gasteiger partial charge on any atom is -0.459 e. The fraction of sp³-hybridized carbons (Fsp3) is 0.542. The fourth-order valence-corrected chi connectivity index (χ4v) is 4.98. The lowest BCUT2D eigenvalue weighted by atomic mass is 9.99. The van der Waals surface area contributed by atoms with Gasteiger partial charge in [-0.25, -0.2) is 8.78 Å². The van der Waals surface area contributed by atoms with Crippen molar-refractivity contribution < 1.29 is 18.3 Å². The van der Waals surface area contributed by atoms with E-state index < -0.39 is 16.9 Å². The molecule has 1 saturated heterocycles. The standard InChI is InChI=1S/C24H30F2N2O2S/c1-22(2,3)30-21(29)24(7-8-24)9-10-27-11-13-28(14-12-27)19-16-31-20-15-17(23(4,25)26)5-6-18(19)20/h5-8,15-16H,9-14H2,1-4H3. The van der Waals surface area contributed by atoms with Gasteiger partial charge >= 0.3 is 5.97 Å². The Morgan fingerprint density at radius 3 is 2.39 bits per heavy atom. The maximum absolute atomic E-state index is 13.6. The van der Waals surface area contributed by atoms with E-state index >= 15 is 0 Å². The zero-order valence-electron chi connectivity index (χ0n) is 18.6. The molecule has 2 aromatic rings. The number of fused-ring (bicyclic) bond motifs is 1. The highest BCUT2D eigenvalue weighted by Gasteiger charge is 2.45. The van der Waals surface area contributed by atoms with Crippen LogP contribution in [0, 0.1) is 5.41 Å². The lowest BCUT2D eigenvalue weighted by Crippen LogP contribution is -2.47. The van der Waals surface area contributed by atoms with Crippen molar-refractivity contribution in [2.24, 2.45) is 5.41 Å². The van der Waals surface area contributed by atoms with Crippen molar-refractivity contribution in [2.75, 3.05) is 37.6 Å². The van der Waals surface area contributed by atoms with Gasteiger partial charge in [-0.2, -0.15) is 0 Å². The third kappa shape index (κ3) is 4.93. The molecule has 1 aliphatic carbocycles. The molecule has 1 aromatic carbocycles. The van der Waals surface area contributed by atoms with Gasteiger partial charge in [0, 0.05) is 54.1 Å². The van der Waals surface area contributed by atoms with Crippen LogP contribution in [0.3, 0.4) is 0 Å². The Kier molecular flexibility index (Phi) is 5.63.